The summed E-state index contributed by atoms with van der Waals surface area (Å²) in [4.78, 5) is 24.2. The van der Waals surface area contributed by atoms with Gasteiger partial charge in [0.2, 0.25) is 5.91 Å². The molecule has 0 aromatic rings. The van der Waals surface area contributed by atoms with Crippen molar-refractivity contribution in [3.05, 3.63) is 0 Å². The van der Waals surface area contributed by atoms with Crippen LogP contribution in [0.15, 0.2) is 0 Å². The van der Waals surface area contributed by atoms with Gasteiger partial charge < -0.3 is 10.8 Å². The molecular weight excluding hydrogens is 384 g/mol. The highest BCUT2D eigenvalue weighted by atomic mass is 32.2. The number of nitrogens with zero attached hydrogens (tertiary/aromatic N) is 1. The van der Waals surface area contributed by atoms with Crippen molar-refractivity contribution in [3.63, 3.8) is 0 Å². The van der Waals surface area contributed by atoms with Crippen molar-refractivity contribution in [2.75, 3.05) is 12.3 Å². The molecule has 0 aliphatic carbocycles. The van der Waals surface area contributed by atoms with E-state index in [1.807, 2.05) is 6.92 Å². The van der Waals surface area contributed by atoms with Crippen LogP contribution in [0.25, 0.3) is 0 Å². The van der Waals surface area contributed by atoms with Crippen LogP contribution in [0.3, 0.4) is 0 Å². The van der Waals surface area contributed by atoms with Gasteiger partial charge in [0.15, 0.2) is 0 Å². The van der Waals surface area contributed by atoms with E-state index in [2.05, 4.69) is 20.8 Å². The Labute approximate surface area is 183 Å². The second-order valence-corrected chi connectivity index (χ2v) is 9.67. The molecule has 6 heteroatoms. The third-order valence-electron chi connectivity index (χ3n) is 5.60. The summed E-state index contributed by atoms with van der Waals surface area (Å²) in [6, 6.07) is -0.770. The molecule has 0 rings (SSSR count). The van der Waals surface area contributed by atoms with Crippen LogP contribution in [0.5, 0.6) is 0 Å². The Bertz CT molecular complexity index is 434. The molecule has 0 saturated heterocycles. The number of carbonyl (C=O) groups is 2. The van der Waals surface area contributed by atoms with E-state index >= 15 is 0 Å². The van der Waals surface area contributed by atoms with Gasteiger partial charge in [0.05, 0.1) is 0 Å². The number of unbranched alkanes of at least 4 members (excludes halogenated alkanes) is 5. The molecule has 0 heterocycles. The monoisotopic (exact) mass is 430 g/mol. The smallest absolute Gasteiger partial charge is 0.327 e. The van der Waals surface area contributed by atoms with Crippen LogP contribution >= 0.6 is 11.9 Å². The fraction of sp³-hybridized carbons (Fsp3) is 0.913. The van der Waals surface area contributed by atoms with Crippen molar-refractivity contribution in [2.45, 2.75) is 111 Å². The number of hydrogen-bond donors (Lipinski definition) is 2. The predicted octanol–water partition coefficient (Wildman–Crippen LogP) is 5.87. The van der Waals surface area contributed by atoms with Crippen LogP contribution in [-0.4, -0.2) is 39.6 Å². The molecule has 0 aliphatic rings. The molecule has 5 nitrogen and oxygen atoms in total. The van der Waals surface area contributed by atoms with Crippen LogP contribution in [0.2, 0.25) is 0 Å². The van der Waals surface area contributed by atoms with E-state index in [1.54, 1.807) is 0 Å². The number of amides is 1. The van der Waals surface area contributed by atoms with Crippen molar-refractivity contribution in [2.24, 2.45) is 17.6 Å². The molecule has 0 fully saturated rings. The van der Waals surface area contributed by atoms with E-state index in [9.17, 15) is 14.7 Å². The maximum atomic E-state index is 12.6. The van der Waals surface area contributed by atoms with E-state index in [4.69, 9.17) is 5.73 Å². The number of nitrogens with two attached hydrogens (primary N) is 1. The lowest BCUT2D eigenvalue weighted by molar-refractivity contribution is -0.146. The molecule has 1 amide bonds. The van der Waals surface area contributed by atoms with E-state index < -0.39 is 12.0 Å². The third-order valence-corrected chi connectivity index (χ3v) is 6.60. The first-order valence-corrected chi connectivity index (χ1v) is 12.7. The van der Waals surface area contributed by atoms with Crippen molar-refractivity contribution in [3.8, 4) is 0 Å². The van der Waals surface area contributed by atoms with Gasteiger partial charge in [-0.2, -0.15) is 0 Å². The van der Waals surface area contributed by atoms with Crippen LogP contribution in [-0.2, 0) is 9.59 Å². The van der Waals surface area contributed by atoms with Gasteiger partial charge in [-0.15, -0.1) is 0 Å². The Morgan fingerprint density at radius 1 is 0.931 bits per heavy atom. The molecule has 0 aromatic heterocycles. The number of carboxylic acids is 1. The average Bonchev–Trinajstić information content (AvgIpc) is 2.68. The zero-order valence-electron chi connectivity index (χ0n) is 19.3. The number of carbonyl (C=O) groups excluding carboxylic acids is 1. The summed E-state index contributed by atoms with van der Waals surface area (Å²) in [6.07, 6.45) is 12.3. The lowest BCUT2D eigenvalue weighted by atomic mass is 9.91. The van der Waals surface area contributed by atoms with Crippen LogP contribution < -0.4 is 5.73 Å². The van der Waals surface area contributed by atoms with Crippen molar-refractivity contribution in [1.29, 1.82) is 0 Å². The van der Waals surface area contributed by atoms with Crippen LogP contribution in [0, 0.1) is 11.8 Å². The highest BCUT2D eigenvalue weighted by molar-refractivity contribution is 7.97. The number of rotatable bonds is 19. The van der Waals surface area contributed by atoms with E-state index in [-0.39, 0.29) is 5.91 Å². The highest BCUT2D eigenvalue weighted by Gasteiger charge is 2.29. The predicted molar refractivity (Wildman–Crippen MR) is 125 cm³/mol. The zero-order chi connectivity index (χ0) is 22.1. The summed E-state index contributed by atoms with van der Waals surface area (Å²) in [5.74, 6) is 1.36. The molecule has 0 saturated carbocycles. The molecule has 0 radical (unpaired) electrons. The first kappa shape index (κ1) is 28.2. The minimum absolute atomic E-state index is 0.0554. The molecule has 172 valence electrons. The van der Waals surface area contributed by atoms with Crippen molar-refractivity contribution < 1.29 is 14.7 Å². The summed E-state index contributed by atoms with van der Waals surface area (Å²) in [6.45, 7) is 9.37. The van der Waals surface area contributed by atoms with E-state index in [1.165, 1.54) is 54.8 Å². The lowest BCUT2D eigenvalue weighted by Gasteiger charge is -2.27. The molecule has 2 unspecified atom stereocenters. The Hall–Kier alpha value is -0.750. The first-order valence-electron chi connectivity index (χ1n) is 11.7. The van der Waals surface area contributed by atoms with Crippen molar-refractivity contribution in [1.82, 2.24) is 4.31 Å². The summed E-state index contributed by atoms with van der Waals surface area (Å²) in [5, 5.41) is 9.49. The quantitative estimate of drug-likeness (QED) is 0.198. The van der Waals surface area contributed by atoms with Gasteiger partial charge in [0.1, 0.15) is 6.04 Å². The molecule has 0 spiro atoms. The topological polar surface area (TPSA) is 83.6 Å². The van der Waals surface area contributed by atoms with Gasteiger partial charge in [-0.3, -0.25) is 9.10 Å². The summed E-state index contributed by atoms with van der Waals surface area (Å²) < 4.78 is 1.48. The highest BCUT2D eigenvalue weighted by Crippen LogP contribution is 2.22. The number of carboxylic acid groups (broad SMARTS) is 1. The molecule has 0 aliphatic heterocycles. The van der Waals surface area contributed by atoms with Gasteiger partial charge in [0.25, 0.3) is 0 Å². The second kappa shape index (κ2) is 18.1. The van der Waals surface area contributed by atoms with Gasteiger partial charge in [-0.05, 0) is 56.0 Å². The Balaban J connectivity index is 4.05. The Morgan fingerprint density at radius 3 is 2.10 bits per heavy atom. The first-order chi connectivity index (χ1) is 13.9. The van der Waals surface area contributed by atoms with Gasteiger partial charge in [-0.25, -0.2) is 4.79 Å². The number of aliphatic carboxylic acids is 1. The van der Waals surface area contributed by atoms with Gasteiger partial charge >= 0.3 is 5.97 Å². The standard InChI is InChI=1S/C23H46N2O3S/c1-5-19(3)18-20(4)14-11-9-7-8-10-12-16-22(26)25(29-6-2)21(23(27)28)15-13-17-24/h19-21H,5-18,24H2,1-4H3,(H,27,28)/t19?,20?,21-/m0/s1. The molecular formula is C23H46N2O3S. The maximum absolute atomic E-state index is 12.6. The van der Waals surface area contributed by atoms with Gasteiger partial charge in [-0.1, -0.05) is 72.6 Å². The molecule has 3 N–H and O–H groups in total. The van der Waals surface area contributed by atoms with E-state index in [0.717, 1.165) is 31.1 Å². The number of hydrogen-bond acceptors (Lipinski definition) is 4. The SMILES string of the molecule is CCSN(C(=O)CCCCCCCCC(C)CC(C)CC)[C@@H](CCCN)C(=O)O. The lowest BCUT2D eigenvalue weighted by Crippen LogP contribution is -2.41. The van der Waals surface area contributed by atoms with Gasteiger partial charge in [0, 0.05) is 12.2 Å². The zero-order valence-corrected chi connectivity index (χ0v) is 20.1. The second-order valence-electron chi connectivity index (χ2n) is 8.44. The van der Waals surface area contributed by atoms with Crippen LogP contribution in [0.4, 0.5) is 0 Å². The summed E-state index contributed by atoms with van der Waals surface area (Å²) in [5.41, 5.74) is 5.52. The largest absolute Gasteiger partial charge is 0.480 e. The summed E-state index contributed by atoms with van der Waals surface area (Å²) in [7, 11) is 0. The van der Waals surface area contributed by atoms with Crippen molar-refractivity contribution >= 4 is 23.8 Å². The Morgan fingerprint density at radius 2 is 1.55 bits per heavy atom. The Kier molecular flexibility index (Phi) is 17.6. The third kappa shape index (κ3) is 14.0. The molecule has 3 atom stereocenters. The molecule has 29 heavy (non-hydrogen) atoms. The fourth-order valence-electron chi connectivity index (χ4n) is 3.68. The fourth-order valence-corrected chi connectivity index (χ4v) is 4.57. The maximum Gasteiger partial charge on any atom is 0.327 e. The minimum Gasteiger partial charge on any atom is -0.480 e. The van der Waals surface area contributed by atoms with E-state index in [0.29, 0.717) is 31.6 Å². The summed E-state index contributed by atoms with van der Waals surface area (Å²) >= 11 is 1.32. The molecule has 0 aromatic carbocycles. The van der Waals surface area contributed by atoms with Crippen LogP contribution in [0.1, 0.15) is 105 Å². The molecule has 0 bridgehead atoms. The average molecular weight is 431 g/mol. The minimum atomic E-state index is -0.935. The normalized spacial score (nSPS) is 14.4.